The maximum atomic E-state index is 12.6. The first-order valence-electron chi connectivity index (χ1n) is 8.34. The van der Waals surface area contributed by atoms with Crippen molar-refractivity contribution in [3.05, 3.63) is 59.9 Å². The van der Waals surface area contributed by atoms with Gasteiger partial charge in [-0.1, -0.05) is 24.3 Å². The van der Waals surface area contributed by atoms with Crippen molar-refractivity contribution < 1.29 is 9.53 Å². The molecule has 3 rings (SSSR count). The maximum absolute atomic E-state index is 12.6. The molecule has 2 atom stereocenters. The van der Waals surface area contributed by atoms with Gasteiger partial charge in [-0.2, -0.15) is 0 Å². The lowest BCUT2D eigenvalue weighted by atomic mass is 9.94. The fourth-order valence-corrected chi connectivity index (χ4v) is 3.24. The highest BCUT2D eigenvalue weighted by Crippen LogP contribution is 2.47. The van der Waals surface area contributed by atoms with E-state index >= 15 is 0 Å². The second kappa shape index (κ2) is 6.63. The first kappa shape index (κ1) is 16.5. The number of benzene rings is 1. The molecule has 1 aliphatic rings. The molecule has 1 aromatic heterocycles. The van der Waals surface area contributed by atoms with Crippen molar-refractivity contribution in [1.82, 2.24) is 10.3 Å². The number of ether oxygens (including phenoxy) is 1. The second-order valence-electron chi connectivity index (χ2n) is 7.10. The summed E-state index contributed by atoms with van der Waals surface area (Å²) in [5.41, 5.74) is 1.93. The number of carbonyl (C=O) groups is 1. The number of nitrogens with zero attached hydrogens (tertiary/aromatic N) is 1. The highest BCUT2D eigenvalue weighted by atomic mass is 16.5. The van der Waals surface area contributed by atoms with Crippen LogP contribution >= 0.6 is 0 Å². The zero-order valence-electron chi connectivity index (χ0n) is 14.5. The summed E-state index contributed by atoms with van der Waals surface area (Å²) in [7, 11) is 1.67. The number of amides is 1. The van der Waals surface area contributed by atoms with Crippen LogP contribution in [0.1, 0.15) is 37.3 Å². The monoisotopic (exact) mass is 324 g/mol. The highest BCUT2D eigenvalue weighted by molar-refractivity contribution is 5.83. The van der Waals surface area contributed by atoms with E-state index < -0.39 is 0 Å². The van der Waals surface area contributed by atoms with Crippen LogP contribution < -0.4 is 10.1 Å². The summed E-state index contributed by atoms with van der Waals surface area (Å²) < 4.78 is 5.41. The Bertz CT molecular complexity index is 713. The Morgan fingerprint density at radius 1 is 1.29 bits per heavy atom. The van der Waals surface area contributed by atoms with Gasteiger partial charge in [-0.15, -0.1) is 0 Å². The highest BCUT2D eigenvalue weighted by Gasteiger charge is 2.45. The number of nitrogens with one attached hydrogen (secondary N) is 1. The topological polar surface area (TPSA) is 51.2 Å². The van der Waals surface area contributed by atoms with Gasteiger partial charge in [0.2, 0.25) is 5.91 Å². The van der Waals surface area contributed by atoms with E-state index in [2.05, 4.69) is 24.1 Å². The number of hydrogen-bond donors (Lipinski definition) is 1. The minimum absolute atomic E-state index is 0.0612. The quantitative estimate of drug-likeness (QED) is 0.887. The predicted octanol–water partition coefficient (Wildman–Crippen LogP) is 3.33. The SMILES string of the molecule is COc1ccccc1CC(C)(C)NC(=O)[C@@H]1C[C@@H]1c1cccnc1. The first-order valence-corrected chi connectivity index (χ1v) is 8.34. The normalized spacial score (nSPS) is 19.6. The molecule has 1 aromatic carbocycles. The van der Waals surface area contributed by atoms with Gasteiger partial charge in [-0.3, -0.25) is 9.78 Å². The lowest BCUT2D eigenvalue weighted by Gasteiger charge is -2.27. The fourth-order valence-electron chi connectivity index (χ4n) is 3.24. The van der Waals surface area contributed by atoms with E-state index in [4.69, 9.17) is 4.74 Å². The summed E-state index contributed by atoms with van der Waals surface area (Å²) in [5, 5.41) is 3.20. The van der Waals surface area contributed by atoms with E-state index in [-0.39, 0.29) is 17.4 Å². The molecule has 1 N–H and O–H groups in total. The lowest BCUT2D eigenvalue weighted by Crippen LogP contribution is -2.46. The van der Waals surface area contributed by atoms with Crippen molar-refractivity contribution in [3.63, 3.8) is 0 Å². The van der Waals surface area contributed by atoms with E-state index in [9.17, 15) is 4.79 Å². The Morgan fingerprint density at radius 2 is 2.08 bits per heavy atom. The molecule has 4 nitrogen and oxygen atoms in total. The number of hydrogen-bond acceptors (Lipinski definition) is 3. The molecule has 1 saturated carbocycles. The molecule has 0 saturated heterocycles. The number of aromatic nitrogens is 1. The molecule has 0 spiro atoms. The average Bonchev–Trinajstić information content (AvgIpc) is 3.36. The Balaban J connectivity index is 1.62. The van der Waals surface area contributed by atoms with Crippen molar-refractivity contribution in [1.29, 1.82) is 0 Å². The largest absolute Gasteiger partial charge is 0.496 e. The predicted molar refractivity (Wildman–Crippen MR) is 94.0 cm³/mol. The Labute approximate surface area is 143 Å². The van der Waals surface area contributed by atoms with Crippen LogP contribution in [0, 0.1) is 5.92 Å². The number of pyridine rings is 1. The molecule has 1 aliphatic carbocycles. The van der Waals surface area contributed by atoms with Crippen LogP contribution in [0.5, 0.6) is 5.75 Å². The third-order valence-electron chi connectivity index (χ3n) is 4.53. The van der Waals surface area contributed by atoms with E-state index in [1.807, 2.05) is 42.6 Å². The molecule has 0 radical (unpaired) electrons. The molecular formula is C20H24N2O2. The van der Waals surface area contributed by atoms with Gasteiger partial charge in [0.1, 0.15) is 5.75 Å². The van der Waals surface area contributed by atoms with Gasteiger partial charge in [0.05, 0.1) is 7.11 Å². The van der Waals surface area contributed by atoms with Crippen molar-refractivity contribution >= 4 is 5.91 Å². The van der Waals surface area contributed by atoms with Crippen LogP contribution in [0.3, 0.4) is 0 Å². The molecule has 0 aliphatic heterocycles. The average molecular weight is 324 g/mol. The Hall–Kier alpha value is -2.36. The molecule has 1 amide bonds. The van der Waals surface area contributed by atoms with Crippen molar-refractivity contribution in [3.8, 4) is 5.75 Å². The Morgan fingerprint density at radius 3 is 2.79 bits per heavy atom. The zero-order valence-corrected chi connectivity index (χ0v) is 14.5. The number of para-hydroxylation sites is 1. The smallest absolute Gasteiger partial charge is 0.224 e. The Kier molecular flexibility index (Phi) is 4.56. The van der Waals surface area contributed by atoms with Gasteiger partial charge in [0.15, 0.2) is 0 Å². The number of rotatable bonds is 6. The summed E-state index contributed by atoms with van der Waals surface area (Å²) in [6, 6.07) is 11.9. The molecule has 0 bridgehead atoms. The van der Waals surface area contributed by atoms with Crippen LogP contribution in [0.15, 0.2) is 48.8 Å². The van der Waals surface area contributed by atoms with Gasteiger partial charge in [-0.25, -0.2) is 0 Å². The minimum atomic E-state index is -0.326. The molecule has 126 valence electrons. The maximum Gasteiger partial charge on any atom is 0.224 e. The van der Waals surface area contributed by atoms with Crippen molar-refractivity contribution in [2.75, 3.05) is 7.11 Å². The van der Waals surface area contributed by atoms with Gasteiger partial charge in [0.25, 0.3) is 0 Å². The molecule has 1 fully saturated rings. The van der Waals surface area contributed by atoms with Gasteiger partial charge in [-0.05, 0) is 55.9 Å². The third kappa shape index (κ3) is 3.75. The second-order valence-corrected chi connectivity index (χ2v) is 7.10. The summed E-state index contributed by atoms with van der Waals surface area (Å²) in [6.07, 6.45) is 5.25. The molecule has 1 heterocycles. The molecule has 2 aromatic rings. The van der Waals surface area contributed by atoms with Crippen molar-refractivity contribution in [2.24, 2.45) is 5.92 Å². The molecule has 0 unspecified atom stereocenters. The van der Waals surface area contributed by atoms with Gasteiger partial charge in [0, 0.05) is 23.9 Å². The molecule has 4 heteroatoms. The van der Waals surface area contributed by atoms with Crippen LogP contribution in [-0.4, -0.2) is 23.5 Å². The van der Waals surface area contributed by atoms with Crippen LogP contribution in [0.25, 0.3) is 0 Å². The summed E-state index contributed by atoms with van der Waals surface area (Å²) in [4.78, 5) is 16.7. The van der Waals surface area contributed by atoms with Gasteiger partial charge < -0.3 is 10.1 Å². The van der Waals surface area contributed by atoms with E-state index in [0.29, 0.717) is 5.92 Å². The minimum Gasteiger partial charge on any atom is -0.496 e. The van der Waals surface area contributed by atoms with E-state index in [1.165, 1.54) is 0 Å². The summed E-state index contributed by atoms with van der Waals surface area (Å²) >= 11 is 0. The van der Waals surface area contributed by atoms with Crippen molar-refractivity contribution in [2.45, 2.75) is 38.1 Å². The van der Waals surface area contributed by atoms with E-state index in [1.54, 1.807) is 13.3 Å². The van der Waals surface area contributed by atoms with E-state index in [0.717, 1.165) is 29.7 Å². The van der Waals surface area contributed by atoms with Crippen LogP contribution in [-0.2, 0) is 11.2 Å². The summed E-state index contributed by atoms with van der Waals surface area (Å²) in [5.74, 6) is 1.36. The molecule has 24 heavy (non-hydrogen) atoms. The zero-order chi connectivity index (χ0) is 17.2. The van der Waals surface area contributed by atoms with Gasteiger partial charge >= 0.3 is 0 Å². The number of carbonyl (C=O) groups excluding carboxylic acids is 1. The molecular weight excluding hydrogens is 300 g/mol. The lowest BCUT2D eigenvalue weighted by molar-refractivity contribution is -0.124. The third-order valence-corrected chi connectivity index (χ3v) is 4.53. The van der Waals surface area contributed by atoms with Crippen LogP contribution in [0.4, 0.5) is 0 Å². The summed E-state index contributed by atoms with van der Waals surface area (Å²) in [6.45, 7) is 4.11. The fraction of sp³-hybridized carbons (Fsp3) is 0.400. The van der Waals surface area contributed by atoms with Crippen LogP contribution in [0.2, 0.25) is 0 Å². The standard InChI is InChI=1S/C20H24N2O2/c1-20(2,12-14-7-4-5-9-18(14)24-3)22-19(23)17-11-16(17)15-8-6-10-21-13-15/h4-10,13,16-17H,11-12H2,1-3H3,(H,22,23)/t16-,17-/m1/s1. The first-order chi connectivity index (χ1) is 11.5. The number of methoxy groups -OCH3 is 1.